The van der Waals surface area contributed by atoms with Crippen molar-refractivity contribution in [3.63, 3.8) is 0 Å². The maximum atomic E-state index is 11.9. The molecule has 1 saturated heterocycles. The Kier molecular flexibility index (Phi) is 5.44. The number of anilines is 2. The van der Waals surface area contributed by atoms with Gasteiger partial charge in [0.2, 0.25) is 0 Å². The molecule has 0 aromatic heterocycles. The molecule has 2 rings (SSSR count). The van der Waals surface area contributed by atoms with Gasteiger partial charge in [-0.3, -0.25) is 4.79 Å². The van der Waals surface area contributed by atoms with Crippen molar-refractivity contribution in [2.75, 3.05) is 51.3 Å². The average Bonchev–Trinajstić information content (AvgIpc) is 2.97. The van der Waals surface area contributed by atoms with Crippen LogP contribution in [-0.4, -0.2) is 56.0 Å². The molecule has 1 aromatic rings. The number of carbonyl (C=O) groups excluding carboxylic acids is 1. The van der Waals surface area contributed by atoms with Crippen molar-refractivity contribution in [2.45, 2.75) is 19.3 Å². The number of nitrogen functional groups attached to an aromatic ring is 1. The molecule has 1 fully saturated rings. The van der Waals surface area contributed by atoms with Gasteiger partial charge in [-0.2, -0.15) is 0 Å². The fraction of sp³-hybridized carbons (Fsp3) is 0.562. The fourth-order valence-electron chi connectivity index (χ4n) is 2.65. The smallest absolute Gasteiger partial charge is 0.253 e. The first-order chi connectivity index (χ1) is 10.1. The lowest BCUT2D eigenvalue weighted by Crippen LogP contribution is -2.23. The van der Waals surface area contributed by atoms with Crippen LogP contribution in [0.4, 0.5) is 11.4 Å². The summed E-state index contributed by atoms with van der Waals surface area (Å²) in [5.41, 5.74) is 8.18. The lowest BCUT2D eigenvalue weighted by Gasteiger charge is -2.16. The molecule has 5 heteroatoms. The van der Waals surface area contributed by atoms with Crippen LogP contribution < -0.4 is 11.1 Å². The van der Waals surface area contributed by atoms with Crippen LogP contribution in [0, 0.1) is 0 Å². The SMILES string of the molecule is CN(C)C(=O)c1ccc(NCCCN2CCCC2)c(N)c1. The standard InChI is InChI=1S/C16H26N4O/c1-19(2)16(21)13-6-7-15(14(17)12-13)18-8-5-11-20-9-3-4-10-20/h6-7,12,18H,3-5,8-11,17H2,1-2H3. The Morgan fingerprint density at radius 1 is 1.33 bits per heavy atom. The van der Waals surface area contributed by atoms with Crippen molar-refractivity contribution in [1.82, 2.24) is 9.80 Å². The molecule has 0 aliphatic carbocycles. The lowest BCUT2D eigenvalue weighted by molar-refractivity contribution is 0.0827. The number of carbonyl (C=O) groups is 1. The predicted molar refractivity (Wildman–Crippen MR) is 87.7 cm³/mol. The average molecular weight is 290 g/mol. The first-order valence-electron chi connectivity index (χ1n) is 7.65. The lowest BCUT2D eigenvalue weighted by atomic mass is 10.1. The molecule has 0 bridgehead atoms. The van der Waals surface area contributed by atoms with Crippen LogP contribution in [0.15, 0.2) is 18.2 Å². The zero-order valence-electron chi connectivity index (χ0n) is 13.1. The summed E-state index contributed by atoms with van der Waals surface area (Å²) in [6.07, 6.45) is 3.78. The number of nitrogens with two attached hydrogens (primary N) is 1. The molecule has 21 heavy (non-hydrogen) atoms. The normalized spacial score (nSPS) is 15.1. The molecule has 1 heterocycles. The van der Waals surface area contributed by atoms with Crippen molar-refractivity contribution in [2.24, 2.45) is 0 Å². The number of hydrogen-bond acceptors (Lipinski definition) is 4. The number of benzene rings is 1. The van der Waals surface area contributed by atoms with E-state index in [9.17, 15) is 4.79 Å². The molecule has 1 amide bonds. The summed E-state index contributed by atoms with van der Waals surface area (Å²) in [7, 11) is 3.48. The molecule has 116 valence electrons. The zero-order chi connectivity index (χ0) is 15.2. The minimum Gasteiger partial charge on any atom is -0.397 e. The van der Waals surface area contributed by atoms with Gasteiger partial charge in [0.05, 0.1) is 11.4 Å². The predicted octanol–water partition coefficient (Wildman–Crippen LogP) is 1.87. The third-order valence-electron chi connectivity index (χ3n) is 3.87. The van der Waals surface area contributed by atoms with Gasteiger partial charge in [0.25, 0.3) is 5.91 Å². The highest BCUT2D eigenvalue weighted by atomic mass is 16.2. The van der Waals surface area contributed by atoms with Gasteiger partial charge in [0.1, 0.15) is 0 Å². The summed E-state index contributed by atoms with van der Waals surface area (Å²) < 4.78 is 0. The molecule has 0 unspecified atom stereocenters. The van der Waals surface area contributed by atoms with Crippen LogP contribution in [0.1, 0.15) is 29.6 Å². The highest BCUT2D eigenvalue weighted by Gasteiger charge is 2.11. The molecule has 1 aliphatic heterocycles. The number of hydrogen-bond donors (Lipinski definition) is 2. The van der Waals surface area contributed by atoms with Gasteiger partial charge >= 0.3 is 0 Å². The van der Waals surface area contributed by atoms with E-state index >= 15 is 0 Å². The topological polar surface area (TPSA) is 61.6 Å². The number of likely N-dealkylation sites (tertiary alicyclic amines) is 1. The van der Waals surface area contributed by atoms with Gasteiger partial charge in [-0.15, -0.1) is 0 Å². The summed E-state index contributed by atoms with van der Waals surface area (Å²) in [4.78, 5) is 15.9. The molecule has 0 radical (unpaired) electrons. The molecular weight excluding hydrogens is 264 g/mol. The quantitative estimate of drug-likeness (QED) is 0.620. The minimum atomic E-state index is -0.0257. The van der Waals surface area contributed by atoms with Crippen LogP contribution in [0.3, 0.4) is 0 Å². The summed E-state index contributed by atoms with van der Waals surface area (Å²) in [5, 5.41) is 3.36. The Balaban J connectivity index is 1.81. The van der Waals surface area contributed by atoms with Gasteiger partial charge < -0.3 is 20.9 Å². The summed E-state index contributed by atoms with van der Waals surface area (Å²) in [5.74, 6) is -0.0257. The highest BCUT2D eigenvalue weighted by Crippen LogP contribution is 2.20. The van der Waals surface area contributed by atoms with Crippen molar-refractivity contribution in [3.8, 4) is 0 Å². The van der Waals surface area contributed by atoms with Crippen LogP contribution in [-0.2, 0) is 0 Å². The van der Waals surface area contributed by atoms with E-state index in [4.69, 9.17) is 5.73 Å². The second-order valence-corrected chi connectivity index (χ2v) is 5.83. The Labute approximate surface area is 127 Å². The van der Waals surface area contributed by atoms with Gasteiger partial charge in [-0.1, -0.05) is 0 Å². The first kappa shape index (κ1) is 15.6. The summed E-state index contributed by atoms with van der Waals surface area (Å²) in [6, 6.07) is 5.45. The van der Waals surface area contributed by atoms with E-state index in [0.29, 0.717) is 11.3 Å². The number of rotatable bonds is 6. The molecule has 1 aromatic carbocycles. The minimum absolute atomic E-state index is 0.0257. The van der Waals surface area contributed by atoms with E-state index in [1.807, 2.05) is 12.1 Å². The van der Waals surface area contributed by atoms with Gasteiger partial charge in [0, 0.05) is 26.2 Å². The van der Waals surface area contributed by atoms with E-state index in [2.05, 4.69) is 10.2 Å². The van der Waals surface area contributed by atoms with Crippen LogP contribution in [0.2, 0.25) is 0 Å². The van der Waals surface area contributed by atoms with E-state index in [1.165, 1.54) is 25.9 Å². The Hall–Kier alpha value is -1.75. The van der Waals surface area contributed by atoms with Crippen LogP contribution >= 0.6 is 0 Å². The first-order valence-corrected chi connectivity index (χ1v) is 7.65. The molecule has 5 nitrogen and oxygen atoms in total. The molecule has 1 aliphatic rings. The maximum Gasteiger partial charge on any atom is 0.253 e. The molecule has 0 atom stereocenters. The zero-order valence-corrected chi connectivity index (χ0v) is 13.1. The molecule has 3 N–H and O–H groups in total. The Morgan fingerprint density at radius 3 is 2.67 bits per heavy atom. The second kappa shape index (κ2) is 7.31. The van der Waals surface area contributed by atoms with E-state index in [-0.39, 0.29) is 5.91 Å². The third kappa shape index (κ3) is 4.36. The van der Waals surface area contributed by atoms with E-state index in [0.717, 1.165) is 25.2 Å². The number of amides is 1. The monoisotopic (exact) mass is 290 g/mol. The van der Waals surface area contributed by atoms with Crippen molar-refractivity contribution < 1.29 is 4.79 Å². The highest BCUT2D eigenvalue weighted by molar-refractivity contribution is 5.95. The van der Waals surface area contributed by atoms with Gasteiger partial charge in [-0.25, -0.2) is 0 Å². The third-order valence-corrected chi connectivity index (χ3v) is 3.87. The van der Waals surface area contributed by atoms with Crippen LogP contribution in [0.5, 0.6) is 0 Å². The van der Waals surface area contributed by atoms with Gasteiger partial charge in [-0.05, 0) is 57.1 Å². The van der Waals surface area contributed by atoms with Crippen LogP contribution in [0.25, 0.3) is 0 Å². The largest absolute Gasteiger partial charge is 0.397 e. The molecular formula is C16H26N4O. The van der Waals surface area contributed by atoms with Crippen molar-refractivity contribution >= 4 is 17.3 Å². The summed E-state index contributed by atoms with van der Waals surface area (Å²) >= 11 is 0. The number of nitrogens with one attached hydrogen (secondary N) is 1. The maximum absolute atomic E-state index is 11.9. The molecule has 0 saturated carbocycles. The Bertz CT molecular complexity index is 481. The van der Waals surface area contributed by atoms with Gasteiger partial charge in [0.15, 0.2) is 0 Å². The van der Waals surface area contributed by atoms with Crippen molar-refractivity contribution in [3.05, 3.63) is 23.8 Å². The second-order valence-electron chi connectivity index (χ2n) is 5.83. The summed E-state index contributed by atoms with van der Waals surface area (Å²) in [6.45, 7) is 4.53. The van der Waals surface area contributed by atoms with Crippen molar-refractivity contribution in [1.29, 1.82) is 0 Å². The number of nitrogens with zero attached hydrogens (tertiary/aromatic N) is 2. The molecule has 0 spiro atoms. The Morgan fingerprint density at radius 2 is 2.05 bits per heavy atom. The fourth-order valence-corrected chi connectivity index (χ4v) is 2.65. The van der Waals surface area contributed by atoms with E-state index in [1.54, 1.807) is 25.1 Å². The van der Waals surface area contributed by atoms with E-state index < -0.39 is 0 Å².